The molecule has 3 rings (SSSR count). The summed E-state index contributed by atoms with van der Waals surface area (Å²) in [4.78, 5) is 3.90. The summed E-state index contributed by atoms with van der Waals surface area (Å²) < 4.78 is 15.3. The number of hydrogen-bond donors (Lipinski definition) is 1. The van der Waals surface area contributed by atoms with Gasteiger partial charge in [0.25, 0.3) is 0 Å². The first-order chi connectivity index (χ1) is 10.1. The summed E-state index contributed by atoms with van der Waals surface area (Å²) in [6, 6.07) is 10.1. The Labute approximate surface area is 123 Å². The number of fused-ring (bicyclic) bond motifs is 1. The van der Waals surface area contributed by atoms with E-state index in [1.54, 1.807) is 6.20 Å². The molecule has 0 aliphatic carbocycles. The van der Waals surface area contributed by atoms with Crippen LogP contribution < -0.4 is 5.73 Å². The van der Waals surface area contributed by atoms with Crippen LogP contribution >= 0.6 is 0 Å². The van der Waals surface area contributed by atoms with E-state index in [4.69, 9.17) is 5.73 Å². The van der Waals surface area contributed by atoms with E-state index < -0.39 is 0 Å². The molecule has 0 radical (unpaired) electrons. The monoisotopic (exact) mass is 283 g/mol. The second-order valence-electron chi connectivity index (χ2n) is 5.53. The van der Waals surface area contributed by atoms with Gasteiger partial charge in [0.15, 0.2) is 0 Å². The van der Waals surface area contributed by atoms with Crippen LogP contribution in [0.5, 0.6) is 0 Å². The molecule has 0 amide bonds. The average molecular weight is 283 g/mol. The molecule has 108 valence electrons. The van der Waals surface area contributed by atoms with Crippen LogP contribution in [0.25, 0.3) is 10.9 Å². The molecule has 1 aromatic carbocycles. The number of aromatic nitrogens is 2. The van der Waals surface area contributed by atoms with Crippen LogP contribution in [0.15, 0.2) is 48.9 Å². The number of halogens is 1. The Morgan fingerprint density at radius 3 is 2.81 bits per heavy atom. The second kappa shape index (κ2) is 5.66. The van der Waals surface area contributed by atoms with Gasteiger partial charge in [-0.3, -0.25) is 4.98 Å². The Bertz CT molecular complexity index is 762. The molecule has 2 aromatic heterocycles. The van der Waals surface area contributed by atoms with E-state index in [-0.39, 0.29) is 11.9 Å². The van der Waals surface area contributed by atoms with Gasteiger partial charge in [0.2, 0.25) is 0 Å². The number of pyridine rings is 1. The van der Waals surface area contributed by atoms with Crippen molar-refractivity contribution in [3.8, 4) is 0 Å². The molecule has 0 aliphatic rings. The lowest BCUT2D eigenvalue weighted by Gasteiger charge is -2.09. The maximum atomic E-state index is 13.2. The summed E-state index contributed by atoms with van der Waals surface area (Å²) >= 11 is 0. The molecule has 0 fully saturated rings. The molecule has 0 aliphatic heterocycles. The molecular weight excluding hydrogens is 265 g/mol. The Morgan fingerprint density at radius 2 is 2.05 bits per heavy atom. The van der Waals surface area contributed by atoms with Crippen molar-refractivity contribution >= 4 is 10.9 Å². The van der Waals surface area contributed by atoms with Gasteiger partial charge in [-0.05, 0) is 48.1 Å². The van der Waals surface area contributed by atoms with Crippen molar-refractivity contribution in [2.24, 2.45) is 5.73 Å². The Balaban J connectivity index is 1.94. The predicted molar refractivity (Wildman–Crippen MR) is 82.6 cm³/mol. The summed E-state index contributed by atoms with van der Waals surface area (Å²) in [6.07, 6.45) is 5.78. The van der Waals surface area contributed by atoms with E-state index in [0.717, 1.165) is 17.5 Å². The number of hydrogen-bond acceptors (Lipinski definition) is 2. The third kappa shape index (κ3) is 3.11. The highest BCUT2D eigenvalue weighted by Crippen LogP contribution is 2.20. The van der Waals surface area contributed by atoms with Gasteiger partial charge in [-0.1, -0.05) is 12.1 Å². The van der Waals surface area contributed by atoms with E-state index in [2.05, 4.69) is 33.8 Å². The topological polar surface area (TPSA) is 43.8 Å². The molecule has 0 saturated carbocycles. The molecule has 0 saturated heterocycles. The van der Waals surface area contributed by atoms with Gasteiger partial charge in [0.05, 0.1) is 6.20 Å². The maximum absolute atomic E-state index is 13.2. The minimum atomic E-state index is -0.304. The van der Waals surface area contributed by atoms with Gasteiger partial charge < -0.3 is 10.3 Å². The third-order valence-corrected chi connectivity index (χ3v) is 3.51. The number of nitrogens with two attached hydrogens (primary N) is 1. The fourth-order valence-corrected chi connectivity index (χ4v) is 2.61. The Morgan fingerprint density at radius 1 is 1.19 bits per heavy atom. The predicted octanol–water partition coefficient (Wildman–Crippen LogP) is 3.11. The van der Waals surface area contributed by atoms with Crippen LogP contribution in [0.3, 0.4) is 0 Å². The van der Waals surface area contributed by atoms with Gasteiger partial charge in [-0.2, -0.15) is 0 Å². The molecule has 1 atom stereocenters. The fraction of sp³-hybridized carbons (Fsp3) is 0.235. The van der Waals surface area contributed by atoms with Crippen molar-refractivity contribution < 1.29 is 4.39 Å². The lowest BCUT2D eigenvalue weighted by molar-refractivity contribution is 0.617. The van der Waals surface area contributed by atoms with E-state index in [9.17, 15) is 4.39 Å². The zero-order valence-electron chi connectivity index (χ0n) is 12.0. The second-order valence-corrected chi connectivity index (χ2v) is 5.53. The molecule has 21 heavy (non-hydrogen) atoms. The summed E-state index contributed by atoms with van der Waals surface area (Å²) in [7, 11) is 0. The molecule has 0 spiro atoms. The maximum Gasteiger partial charge on any atom is 0.141 e. The highest BCUT2D eigenvalue weighted by Gasteiger charge is 2.05. The Hall–Kier alpha value is -2.20. The van der Waals surface area contributed by atoms with Gasteiger partial charge >= 0.3 is 0 Å². The standard InChI is InChI=1S/C17H18FN3/c1-12(19)6-13-2-3-15-4-5-21(17(15)8-13)11-14-7-16(18)10-20-9-14/h2-5,7-10,12H,6,11,19H2,1H3. The van der Waals surface area contributed by atoms with Gasteiger partial charge in [0.1, 0.15) is 5.82 Å². The van der Waals surface area contributed by atoms with Crippen molar-refractivity contribution in [1.82, 2.24) is 9.55 Å². The fourth-order valence-electron chi connectivity index (χ4n) is 2.61. The van der Waals surface area contributed by atoms with Crippen molar-refractivity contribution in [3.05, 3.63) is 65.9 Å². The zero-order chi connectivity index (χ0) is 14.8. The van der Waals surface area contributed by atoms with Crippen LogP contribution in [0.4, 0.5) is 4.39 Å². The largest absolute Gasteiger partial charge is 0.343 e. The van der Waals surface area contributed by atoms with Crippen LogP contribution in [-0.4, -0.2) is 15.6 Å². The van der Waals surface area contributed by atoms with Crippen molar-refractivity contribution in [1.29, 1.82) is 0 Å². The SMILES string of the molecule is CC(N)Cc1ccc2ccn(Cc3cncc(F)c3)c2c1. The van der Waals surface area contributed by atoms with Gasteiger partial charge in [0, 0.05) is 30.5 Å². The molecule has 3 aromatic rings. The Kier molecular flexibility index (Phi) is 3.71. The summed E-state index contributed by atoms with van der Waals surface area (Å²) in [5, 5.41) is 1.17. The van der Waals surface area contributed by atoms with E-state index in [1.165, 1.54) is 23.2 Å². The highest BCUT2D eigenvalue weighted by molar-refractivity contribution is 5.81. The summed E-state index contributed by atoms with van der Waals surface area (Å²) in [5.74, 6) is -0.304. The highest BCUT2D eigenvalue weighted by atomic mass is 19.1. The van der Waals surface area contributed by atoms with Crippen LogP contribution in [0.2, 0.25) is 0 Å². The zero-order valence-corrected chi connectivity index (χ0v) is 12.0. The average Bonchev–Trinajstić information content (AvgIpc) is 2.81. The smallest absolute Gasteiger partial charge is 0.141 e. The minimum absolute atomic E-state index is 0.137. The summed E-state index contributed by atoms with van der Waals surface area (Å²) in [6.45, 7) is 2.61. The van der Waals surface area contributed by atoms with E-state index in [0.29, 0.717) is 6.54 Å². The van der Waals surface area contributed by atoms with E-state index >= 15 is 0 Å². The molecule has 2 N–H and O–H groups in total. The molecule has 2 heterocycles. The normalized spacial score (nSPS) is 12.7. The number of rotatable bonds is 4. The molecule has 0 bridgehead atoms. The molecule has 4 heteroatoms. The third-order valence-electron chi connectivity index (χ3n) is 3.51. The van der Waals surface area contributed by atoms with Crippen LogP contribution in [0.1, 0.15) is 18.1 Å². The first-order valence-electron chi connectivity index (χ1n) is 7.04. The lowest BCUT2D eigenvalue weighted by Crippen LogP contribution is -2.17. The quantitative estimate of drug-likeness (QED) is 0.799. The van der Waals surface area contributed by atoms with E-state index in [1.807, 2.05) is 13.1 Å². The summed E-state index contributed by atoms with van der Waals surface area (Å²) in [5.41, 5.74) is 9.07. The van der Waals surface area contributed by atoms with Crippen LogP contribution in [-0.2, 0) is 13.0 Å². The van der Waals surface area contributed by atoms with Crippen molar-refractivity contribution in [2.75, 3.05) is 0 Å². The molecule has 3 nitrogen and oxygen atoms in total. The van der Waals surface area contributed by atoms with Gasteiger partial charge in [-0.15, -0.1) is 0 Å². The molecule has 1 unspecified atom stereocenters. The van der Waals surface area contributed by atoms with Crippen molar-refractivity contribution in [3.63, 3.8) is 0 Å². The van der Waals surface area contributed by atoms with Crippen LogP contribution in [0, 0.1) is 5.82 Å². The minimum Gasteiger partial charge on any atom is -0.343 e. The molecular formula is C17H18FN3. The van der Waals surface area contributed by atoms with Gasteiger partial charge in [-0.25, -0.2) is 4.39 Å². The lowest BCUT2D eigenvalue weighted by atomic mass is 10.1. The first kappa shape index (κ1) is 13.8. The number of benzene rings is 1. The first-order valence-corrected chi connectivity index (χ1v) is 7.04. The number of nitrogens with zero attached hydrogens (tertiary/aromatic N) is 2. The van der Waals surface area contributed by atoms with Crippen molar-refractivity contribution in [2.45, 2.75) is 25.9 Å².